The van der Waals surface area contributed by atoms with Crippen molar-refractivity contribution in [2.75, 3.05) is 14.2 Å². The highest BCUT2D eigenvalue weighted by Crippen LogP contribution is 2.34. The fraction of sp³-hybridized carbons (Fsp3) is 0.429. The van der Waals surface area contributed by atoms with Crippen LogP contribution < -0.4 is 14.9 Å². The lowest BCUT2D eigenvalue weighted by atomic mass is 10.1. The minimum atomic E-state index is -0.666. The van der Waals surface area contributed by atoms with Gasteiger partial charge in [0, 0.05) is 29.0 Å². The van der Waals surface area contributed by atoms with Crippen LogP contribution in [0, 0.1) is 0 Å². The van der Waals surface area contributed by atoms with Crippen LogP contribution in [0.4, 0.5) is 0 Å². The first-order valence-electron chi connectivity index (χ1n) is 8.91. The van der Waals surface area contributed by atoms with Crippen LogP contribution >= 0.6 is 15.9 Å². The van der Waals surface area contributed by atoms with Crippen LogP contribution in [0.25, 0.3) is 0 Å². The van der Waals surface area contributed by atoms with E-state index in [4.69, 9.17) is 14.2 Å². The summed E-state index contributed by atoms with van der Waals surface area (Å²) in [6.45, 7) is 7.31. The summed E-state index contributed by atoms with van der Waals surface area (Å²) in [7, 11) is 3.18. The Hall–Kier alpha value is -2.28. The van der Waals surface area contributed by atoms with Gasteiger partial charge in [0.1, 0.15) is 11.2 Å². The second-order valence-electron chi connectivity index (χ2n) is 7.52. The molecule has 0 bridgehead atoms. The molecule has 0 radical (unpaired) electrons. The minimum absolute atomic E-state index is 0.0174. The average Bonchev–Trinajstić information content (AvgIpc) is 2.61. The molecule has 0 saturated carbocycles. The third-order valence-corrected chi connectivity index (χ3v) is 4.88. The first-order valence-corrected chi connectivity index (χ1v) is 9.70. The molecule has 0 saturated heterocycles. The molecule has 6 nitrogen and oxygen atoms in total. The van der Waals surface area contributed by atoms with Gasteiger partial charge in [0.05, 0.1) is 14.2 Å². The Bertz CT molecular complexity index is 914. The lowest BCUT2D eigenvalue weighted by Gasteiger charge is -2.21. The van der Waals surface area contributed by atoms with E-state index in [2.05, 4.69) is 15.9 Å². The fourth-order valence-corrected chi connectivity index (χ4v) is 3.22. The van der Waals surface area contributed by atoms with Crippen LogP contribution in [-0.4, -0.2) is 30.4 Å². The number of nitrogens with zero attached hydrogens (tertiary/aromatic N) is 1. The predicted octanol–water partition coefficient (Wildman–Crippen LogP) is 4.39. The molecule has 1 unspecified atom stereocenters. The second kappa shape index (κ2) is 8.82. The number of benzene rings is 1. The molecule has 0 aliphatic carbocycles. The quantitative estimate of drug-likeness (QED) is 0.609. The normalized spacial score (nSPS) is 12.4. The van der Waals surface area contributed by atoms with Crippen LogP contribution in [0.3, 0.4) is 0 Å². The van der Waals surface area contributed by atoms with Crippen molar-refractivity contribution < 1.29 is 19.0 Å². The number of pyridine rings is 1. The van der Waals surface area contributed by atoms with Gasteiger partial charge in [-0.25, -0.2) is 4.79 Å². The summed E-state index contributed by atoms with van der Waals surface area (Å²) in [5.41, 5.74) is 0.0173. The molecule has 0 N–H and O–H groups in total. The maximum Gasteiger partial charge on any atom is 0.344 e. The summed E-state index contributed by atoms with van der Waals surface area (Å²) in [6.07, 6.45) is 3.88. The van der Waals surface area contributed by atoms with Crippen LogP contribution in [0.1, 0.15) is 49.7 Å². The van der Waals surface area contributed by atoms with Crippen molar-refractivity contribution in [2.45, 2.75) is 45.8 Å². The predicted molar refractivity (Wildman–Crippen MR) is 112 cm³/mol. The zero-order valence-corrected chi connectivity index (χ0v) is 18.6. The SMILES string of the molecule is COc1cc(Br)c(CC(C)n2ccc(=O)c(C(=O)OC(C)(C)C)c2)cc1OC. The average molecular weight is 452 g/mol. The zero-order chi connectivity index (χ0) is 21.1. The number of rotatable bonds is 6. The molecular formula is C21H26BrNO5. The molecule has 7 heteroatoms. The van der Waals surface area contributed by atoms with Crippen LogP contribution in [-0.2, 0) is 11.2 Å². The van der Waals surface area contributed by atoms with E-state index < -0.39 is 11.6 Å². The van der Waals surface area contributed by atoms with Crippen molar-refractivity contribution >= 4 is 21.9 Å². The molecule has 0 fully saturated rings. The maximum atomic E-state index is 12.3. The summed E-state index contributed by atoms with van der Waals surface area (Å²) >= 11 is 3.57. The topological polar surface area (TPSA) is 66.8 Å². The fourth-order valence-electron chi connectivity index (χ4n) is 2.74. The lowest BCUT2D eigenvalue weighted by molar-refractivity contribution is 0.00670. The third kappa shape index (κ3) is 5.38. The summed E-state index contributed by atoms with van der Waals surface area (Å²) in [6, 6.07) is 5.14. The number of ether oxygens (including phenoxy) is 3. The van der Waals surface area contributed by atoms with Gasteiger partial charge in [0.2, 0.25) is 0 Å². The highest BCUT2D eigenvalue weighted by atomic mass is 79.9. The van der Waals surface area contributed by atoms with Crippen LogP contribution in [0.5, 0.6) is 11.5 Å². The largest absolute Gasteiger partial charge is 0.493 e. The molecule has 1 heterocycles. The van der Waals surface area contributed by atoms with Gasteiger partial charge in [0.15, 0.2) is 16.9 Å². The number of hydrogen-bond acceptors (Lipinski definition) is 5. The van der Waals surface area contributed by atoms with Crippen LogP contribution in [0.2, 0.25) is 0 Å². The summed E-state index contributed by atoms with van der Waals surface area (Å²) in [4.78, 5) is 24.5. The summed E-state index contributed by atoms with van der Waals surface area (Å²) in [5, 5.41) is 0. The zero-order valence-electron chi connectivity index (χ0n) is 17.0. The van der Waals surface area contributed by atoms with Gasteiger partial charge >= 0.3 is 5.97 Å². The van der Waals surface area contributed by atoms with Crippen molar-refractivity contribution in [2.24, 2.45) is 0 Å². The Kier molecular flexibility index (Phi) is 6.93. The molecular weight excluding hydrogens is 426 g/mol. The molecule has 1 atom stereocenters. The highest BCUT2D eigenvalue weighted by molar-refractivity contribution is 9.10. The first-order chi connectivity index (χ1) is 13.1. The summed E-state index contributed by atoms with van der Waals surface area (Å²) in [5.74, 6) is 0.662. The van der Waals surface area contributed by atoms with E-state index in [1.54, 1.807) is 47.4 Å². The molecule has 1 aromatic carbocycles. The number of halogens is 1. The molecule has 28 heavy (non-hydrogen) atoms. The molecule has 152 valence electrons. The third-order valence-electron chi connectivity index (χ3n) is 4.14. The highest BCUT2D eigenvalue weighted by Gasteiger charge is 2.21. The van der Waals surface area contributed by atoms with Gasteiger partial charge in [-0.05, 0) is 51.8 Å². The van der Waals surface area contributed by atoms with Crippen molar-refractivity contribution in [3.05, 3.63) is 56.4 Å². The van der Waals surface area contributed by atoms with Gasteiger partial charge < -0.3 is 18.8 Å². The second-order valence-corrected chi connectivity index (χ2v) is 8.38. The summed E-state index contributed by atoms with van der Waals surface area (Å²) < 4.78 is 18.8. The van der Waals surface area contributed by atoms with E-state index >= 15 is 0 Å². The standard InChI is InChI=1S/C21H26BrNO5/c1-13(9-14-10-18(26-5)19(27-6)11-16(14)22)23-8-7-17(24)15(12-23)20(25)28-21(2,3)4/h7-8,10-13H,9H2,1-6H3. The molecule has 0 spiro atoms. The van der Waals surface area contributed by atoms with Crippen molar-refractivity contribution in [1.82, 2.24) is 4.57 Å². The van der Waals surface area contributed by atoms with E-state index in [1.165, 1.54) is 6.07 Å². The Labute approximate surface area is 173 Å². The molecule has 0 aliphatic rings. The van der Waals surface area contributed by atoms with Gasteiger partial charge in [-0.15, -0.1) is 0 Å². The van der Waals surface area contributed by atoms with E-state index in [-0.39, 0.29) is 17.0 Å². The Balaban J connectivity index is 2.30. The monoisotopic (exact) mass is 451 g/mol. The molecule has 0 aliphatic heterocycles. The van der Waals surface area contributed by atoms with E-state index in [0.717, 1.165) is 10.0 Å². The van der Waals surface area contributed by atoms with E-state index in [9.17, 15) is 9.59 Å². The van der Waals surface area contributed by atoms with Gasteiger partial charge in [0.25, 0.3) is 0 Å². The number of methoxy groups -OCH3 is 2. The number of aromatic nitrogens is 1. The Morgan fingerprint density at radius 1 is 1.18 bits per heavy atom. The van der Waals surface area contributed by atoms with Crippen molar-refractivity contribution in [3.8, 4) is 11.5 Å². The number of hydrogen-bond donors (Lipinski definition) is 0. The molecule has 1 aromatic heterocycles. The van der Waals surface area contributed by atoms with Crippen molar-refractivity contribution in [1.29, 1.82) is 0 Å². The van der Waals surface area contributed by atoms with Crippen LogP contribution in [0.15, 0.2) is 39.9 Å². The number of carbonyl (C=O) groups is 1. The molecule has 2 rings (SSSR count). The molecule has 0 amide bonds. The Morgan fingerprint density at radius 3 is 2.36 bits per heavy atom. The Morgan fingerprint density at radius 2 is 1.79 bits per heavy atom. The lowest BCUT2D eigenvalue weighted by Crippen LogP contribution is -2.28. The van der Waals surface area contributed by atoms with Gasteiger partial charge in [-0.3, -0.25) is 4.79 Å². The molecule has 2 aromatic rings. The minimum Gasteiger partial charge on any atom is -0.493 e. The number of carbonyl (C=O) groups excluding carboxylic acids is 1. The van der Waals surface area contributed by atoms with Gasteiger partial charge in [-0.2, -0.15) is 0 Å². The van der Waals surface area contributed by atoms with Crippen molar-refractivity contribution in [3.63, 3.8) is 0 Å². The van der Waals surface area contributed by atoms with E-state index in [0.29, 0.717) is 17.9 Å². The number of esters is 1. The first kappa shape index (κ1) is 22.0. The maximum absolute atomic E-state index is 12.3. The van der Waals surface area contributed by atoms with Gasteiger partial charge in [-0.1, -0.05) is 15.9 Å². The van der Waals surface area contributed by atoms with E-state index in [1.807, 2.05) is 23.6 Å². The smallest absolute Gasteiger partial charge is 0.344 e.